The summed E-state index contributed by atoms with van der Waals surface area (Å²) in [5.41, 5.74) is 0.518. The third kappa shape index (κ3) is 5.63. The maximum atomic E-state index is 12.6. The molecule has 0 aliphatic carbocycles. The number of benzene rings is 1. The molecule has 0 saturated carbocycles. The average molecular weight is 350 g/mol. The molecule has 0 bridgehead atoms. The molecule has 0 heterocycles. The first kappa shape index (κ1) is 18.5. The van der Waals surface area contributed by atoms with E-state index >= 15 is 0 Å². The van der Waals surface area contributed by atoms with E-state index < -0.39 is 36.0 Å². The molecule has 0 aliphatic rings. The van der Waals surface area contributed by atoms with Gasteiger partial charge in [0.25, 0.3) is 0 Å². The van der Waals surface area contributed by atoms with E-state index in [4.69, 9.17) is 4.43 Å². The Balaban J connectivity index is 2.95. The van der Waals surface area contributed by atoms with Gasteiger partial charge in [-0.2, -0.15) is 13.2 Å². The number of alkyl halides is 3. The highest BCUT2D eigenvalue weighted by Gasteiger charge is 2.40. The molecule has 7 heteroatoms. The lowest BCUT2D eigenvalue weighted by molar-refractivity contribution is -0.137. The molecule has 1 nitrogen and oxygen atoms in total. The Morgan fingerprint density at radius 2 is 1.48 bits per heavy atom. The average Bonchev–Trinajstić information content (AvgIpc) is 2.25. The van der Waals surface area contributed by atoms with Gasteiger partial charge in [0.2, 0.25) is 7.83 Å². The Kier molecular flexibility index (Phi) is 5.55. The third-order valence-electron chi connectivity index (χ3n) is 3.45. The smallest absolute Gasteiger partial charge is 0.416 e. The molecule has 1 aromatic rings. The molecule has 0 N–H and O–H groups in total. The molecule has 1 aromatic carbocycles. The van der Waals surface area contributed by atoms with Crippen molar-refractivity contribution in [2.75, 3.05) is 0 Å². The maximum absolute atomic E-state index is 12.6. The first-order valence-electron chi connectivity index (χ1n) is 7.00. The molecule has 0 aliphatic heterocycles. The van der Waals surface area contributed by atoms with E-state index in [0.717, 1.165) is 17.8 Å². The van der Waals surface area contributed by atoms with Gasteiger partial charge in [-0.1, -0.05) is 32.7 Å². The molecule has 0 fully saturated rings. The molecule has 0 spiro atoms. The van der Waals surface area contributed by atoms with Crippen LogP contribution in [0.15, 0.2) is 24.3 Å². The van der Waals surface area contributed by atoms with Crippen LogP contribution in [0.2, 0.25) is 44.9 Å². The maximum Gasteiger partial charge on any atom is 0.416 e. The van der Waals surface area contributed by atoms with E-state index in [-0.39, 0.29) is 0 Å². The summed E-state index contributed by atoms with van der Waals surface area (Å²) in [6, 6.07) is 5.14. The Hall–Kier alpha value is -0.539. The van der Waals surface area contributed by atoms with Crippen LogP contribution in [0.5, 0.6) is 5.75 Å². The first-order valence-corrected chi connectivity index (χ1v) is 16.8. The Morgan fingerprint density at radius 1 is 1.00 bits per heavy atom. The van der Waals surface area contributed by atoms with E-state index in [2.05, 4.69) is 39.3 Å². The van der Waals surface area contributed by atoms with Crippen molar-refractivity contribution in [2.24, 2.45) is 0 Å². The van der Waals surface area contributed by atoms with E-state index in [1.54, 1.807) is 0 Å². The van der Waals surface area contributed by atoms with Gasteiger partial charge in [0, 0.05) is 8.07 Å². The zero-order valence-corrected chi connectivity index (χ0v) is 16.6. The van der Waals surface area contributed by atoms with Crippen LogP contribution < -0.4 is 4.43 Å². The van der Waals surface area contributed by atoms with Crippen molar-refractivity contribution in [2.45, 2.75) is 51.1 Å². The Bertz CT molecular complexity index is 466. The topological polar surface area (TPSA) is 9.23 Å². The van der Waals surface area contributed by atoms with Crippen LogP contribution in [0.3, 0.4) is 0 Å². The molecule has 21 heavy (non-hydrogen) atoms. The lowest BCUT2D eigenvalue weighted by Crippen LogP contribution is -2.55. The standard InChI is InChI=1S/C14H24F3OSi3/c1-19(2)21(6,11-20(3,4)5)18-13-9-7-12(8-10-13)14(15,16)17/h7-10H,11H2,1-6H3. The predicted molar refractivity (Wildman–Crippen MR) is 89.3 cm³/mol. The molecule has 1 radical (unpaired) electrons. The van der Waals surface area contributed by atoms with Gasteiger partial charge in [-0.05, 0) is 36.5 Å². The number of hydrogen-bond acceptors (Lipinski definition) is 1. The largest absolute Gasteiger partial charge is 0.547 e. The zero-order valence-electron chi connectivity index (χ0n) is 13.6. The van der Waals surface area contributed by atoms with Crippen molar-refractivity contribution in [1.29, 1.82) is 0 Å². The predicted octanol–water partition coefficient (Wildman–Crippen LogP) is 5.37. The summed E-state index contributed by atoms with van der Waals surface area (Å²) in [7, 11) is -3.76. The Labute approximate surface area is 129 Å². The molecule has 119 valence electrons. The molecule has 0 saturated heterocycles. The second kappa shape index (κ2) is 6.29. The van der Waals surface area contributed by atoms with Crippen molar-refractivity contribution in [3.63, 3.8) is 0 Å². The van der Waals surface area contributed by atoms with Crippen LogP contribution >= 0.6 is 0 Å². The van der Waals surface area contributed by atoms with E-state index in [0.29, 0.717) is 5.75 Å². The number of hydrogen-bond donors (Lipinski definition) is 0. The molecular formula is C14H24F3OSi3. The van der Waals surface area contributed by atoms with Gasteiger partial charge in [0.05, 0.1) is 13.9 Å². The second-order valence-corrected chi connectivity index (χ2v) is 24.5. The third-order valence-corrected chi connectivity index (χ3v) is 21.4. The first-order chi connectivity index (χ1) is 9.33. The summed E-state index contributed by atoms with van der Waals surface area (Å²) >= 11 is 0. The summed E-state index contributed by atoms with van der Waals surface area (Å²) in [6.45, 7) is 13.7. The molecular weight excluding hydrogens is 325 g/mol. The fraction of sp³-hybridized carbons (Fsp3) is 0.571. The lowest BCUT2D eigenvalue weighted by Gasteiger charge is -2.36. The van der Waals surface area contributed by atoms with E-state index in [1.165, 1.54) is 12.1 Å². The van der Waals surface area contributed by atoms with Crippen LogP contribution in [-0.4, -0.2) is 24.2 Å². The summed E-state index contributed by atoms with van der Waals surface area (Å²) in [6.07, 6.45) is -4.29. The molecule has 0 aromatic heterocycles. The number of halogens is 3. The molecule has 1 rings (SSSR count). The highest BCUT2D eigenvalue weighted by molar-refractivity contribution is 7.32. The highest BCUT2D eigenvalue weighted by atomic mass is 29.2. The minimum absolute atomic E-state index is 0.585. The Morgan fingerprint density at radius 3 is 1.81 bits per heavy atom. The fourth-order valence-electron chi connectivity index (χ4n) is 2.30. The van der Waals surface area contributed by atoms with Crippen LogP contribution in [0.1, 0.15) is 5.56 Å². The SMILES string of the molecule is C[Si](C)[Si](C)(C[Si](C)(C)C)Oc1ccc(C(F)(F)F)cc1. The second-order valence-electron chi connectivity index (χ2n) is 7.09. The minimum atomic E-state index is -4.29. The normalized spacial score (nSPS) is 15.9. The monoisotopic (exact) mass is 349 g/mol. The fourth-order valence-corrected chi connectivity index (χ4v) is 21.9. The highest BCUT2D eigenvalue weighted by Crippen LogP contribution is 2.32. The molecule has 1 atom stereocenters. The summed E-state index contributed by atoms with van der Waals surface area (Å²) in [5, 5.41) is 0. The van der Waals surface area contributed by atoms with Gasteiger partial charge in [0.1, 0.15) is 5.75 Å². The quantitative estimate of drug-likeness (QED) is 0.649. The zero-order chi connectivity index (χ0) is 16.5. The molecule has 1 unspecified atom stereocenters. The van der Waals surface area contributed by atoms with Crippen LogP contribution in [0, 0.1) is 0 Å². The van der Waals surface area contributed by atoms with E-state index in [9.17, 15) is 13.2 Å². The minimum Gasteiger partial charge on any atom is -0.547 e. The van der Waals surface area contributed by atoms with Crippen molar-refractivity contribution in [1.82, 2.24) is 0 Å². The van der Waals surface area contributed by atoms with Gasteiger partial charge in [-0.3, -0.25) is 0 Å². The van der Waals surface area contributed by atoms with Crippen molar-refractivity contribution < 1.29 is 17.6 Å². The lowest BCUT2D eigenvalue weighted by atomic mass is 10.2. The van der Waals surface area contributed by atoms with Gasteiger partial charge in [0.15, 0.2) is 0 Å². The van der Waals surface area contributed by atoms with Gasteiger partial charge in [-0.25, -0.2) is 0 Å². The van der Waals surface area contributed by atoms with Crippen LogP contribution in [0.25, 0.3) is 0 Å². The summed E-state index contributed by atoms with van der Waals surface area (Å²) < 4.78 is 44.0. The molecule has 0 amide bonds. The van der Waals surface area contributed by atoms with Gasteiger partial charge >= 0.3 is 6.18 Å². The van der Waals surface area contributed by atoms with Crippen molar-refractivity contribution in [3.05, 3.63) is 29.8 Å². The summed E-state index contributed by atoms with van der Waals surface area (Å²) in [5.74, 6) is 0.585. The van der Waals surface area contributed by atoms with Gasteiger partial charge < -0.3 is 4.43 Å². The van der Waals surface area contributed by atoms with E-state index in [1.807, 2.05) is 0 Å². The van der Waals surface area contributed by atoms with Gasteiger partial charge in [-0.15, -0.1) is 0 Å². The van der Waals surface area contributed by atoms with Crippen molar-refractivity contribution >= 4 is 24.2 Å². The summed E-state index contributed by atoms with van der Waals surface area (Å²) in [4.78, 5) is 0. The van der Waals surface area contributed by atoms with Crippen LogP contribution in [0.4, 0.5) is 13.2 Å². The van der Waals surface area contributed by atoms with Crippen molar-refractivity contribution in [3.8, 4) is 5.75 Å². The number of rotatable bonds is 5. The van der Waals surface area contributed by atoms with Crippen LogP contribution in [-0.2, 0) is 6.18 Å².